The van der Waals surface area contributed by atoms with Crippen LogP contribution >= 0.6 is 24.4 Å². The Hall–Kier alpha value is 0.700. The smallest absolute Gasteiger partial charge is 0.00676 e. The molecule has 0 aromatic heterocycles. The minimum atomic E-state index is 1.06. The molecule has 0 N–H and O–H groups in total. The minimum absolute atomic E-state index is 1.06. The second-order valence-corrected chi connectivity index (χ2v) is 4.53. The molecular weight excluding hydrogens is 172 g/mol. The summed E-state index contributed by atoms with van der Waals surface area (Å²) in [5.41, 5.74) is 0. The highest BCUT2D eigenvalue weighted by molar-refractivity contribution is 7.99. The standard InChI is InChI=1S/C9H20S2/c1-2-11-9-7-5-3-4-6-8-10/h10H,2-9H2,1H3. The normalized spacial score (nSPS) is 10.4. The predicted molar refractivity (Wildman–Crippen MR) is 59.9 cm³/mol. The van der Waals surface area contributed by atoms with Crippen LogP contribution in [0, 0.1) is 0 Å². The first-order chi connectivity index (χ1) is 5.41. The molecule has 2 heteroatoms. The van der Waals surface area contributed by atoms with Crippen molar-refractivity contribution >= 4 is 24.4 Å². The Morgan fingerprint density at radius 1 is 1.00 bits per heavy atom. The molecule has 0 rings (SSSR count). The van der Waals surface area contributed by atoms with Crippen molar-refractivity contribution in [2.24, 2.45) is 0 Å². The van der Waals surface area contributed by atoms with E-state index in [9.17, 15) is 0 Å². The largest absolute Gasteiger partial charge is 0.179 e. The fourth-order valence-corrected chi connectivity index (χ4v) is 1.91. The molecule has 0 bridgehead atoms. The topological polar surface area (TPSA) is 0 Å². The van der Waals surface area contributed by atoms with Crippen molar-refractivity contribution in [1.82, 2.24) is 0 Å². The molecule has 0 aromatic carbocycles. The SMILES string of the molecule is CCSCCCCCCCS. The third-order valence-electron chi connectivity index (χ3n) is 1.65. The van der Waals surface area contributed by atoms with Gasteiger partial charge in [-0.1, -0.05) is 26.2 Å². The molecule has 0 aliphatic rings. The molecular formula is C9H20S2. The highest BCUT2D eigenvalue weighted by Gasteiger charge is 1.89. The Kier molecular flexibility index (Phi) is 11.4. The summed E-state index contributed by atoms with van der Waals surface area (Å²) in [6.07, 6.45) is 6.90. The van der Waals surface area contributed by atoms with Gasteiger partial charge in [0, 0.05) is 0 Å². The molecule has 0 fully saturated rings. The number of thioether (sulfide) groups is 1. The molecule has 0 saturated carbocycles. The lowest BCUT2D eigenvalue weighted by atomic mass is 10.2. The van der Waals surface area contributed by atoms with Gasteiger partial charge in [0.25, 0.3) is 0 Å². The van der Waals surface area contributed by atoms with Gasteiger partial charge in [-0.3, -0.25) is 0 Å². The second kappa shape index (κ2) is 10.7. The van der Waals surface area contributed by atoms with Crippen LogP contribution in [-0.4, -0.2) is 17.3 Å². The lowest BCUT2D eigenvalue weighted by Gasteiger charge is -1.98. The van der Waals surface area contributed by atoms with Gasteiger partial charge in [0.05, 0.1) is 0 Å². The molecule has 0 nitrogen and oxygen atoms in total. The average molecular weight is 192 g/mol. The van der Waals surface area contributed by atoms with Crippen LogP contribution in [0.25, 0.3) is 0 Å². The average Bonchev–Trinajstić information content (AvgIpc) is 2.03. The van der Waals surface area contributed by atoms with Gasteiger partial charge in [-0.25, -0.2) is 0 Å². The number of thiol groups is 1. The third-order valence-corrected chi connectivity index (χ3v) is 2.95. The second-order valence-electron chi connectivity index (χ2n) is 2.69. The molecule has 68 valence electrons. The summed E-state index contributed by atoms with van der Waals surface area (Å²) in [4.78, 5) is 0. The van der Waals surface area contributed by atoms with Crippen LogP contribution in [0.2, 0.25) is 0 Å². The number of unbranched alkanes of at least 4 members (excludes halogenated alkanes) is 4. The zero-order valence-electron chi connectivity index (χ0n) is 7.51. The van der Waals surface area contributed by atoms with E-state index in [1.165, 1.54) is 43.6 Å². The fourth-order valence-electron chi connectivity index (χ4n) is 0.991. The molecule has 0 spiro atoms. The summed E-state index contributed by atoms with van der Waals surface area (Å²) in [7, 11) is 0. The van der Waals surface area contributed by atoms with E-state index >= 15 is 0 Å². The van der Waals surface area contributed by atoms with Crippen molar-refractivity contribution in [2.75, 3.05) is 17.3 Å². The third kappa shape index (κ3) is 10.7. The van der Waals surface area contributed by atoms with Crippen LogP contribution in [-0.2, 0) is 0 Å². The summed E-state index contributed by atoms with van der Waals surface area (Å²) in [6, 6.07) is 0. The molecule has 0 aromatic rings. The number of rotatable bonds is 8. The molecule has 0 saturated heterocycles. The van der Waals surface area contributed by atoms with Crippen molar-refractivity contribution in [3.63, 3.8) is 0 Å². The van der Waals surface area contributed by atoms with Gasteiger partial charge in [0.2, 0.25) is 0 Å². The van der Waals surface area contributed by atoms with Crippen molar-refractivity contribution < 1.29 is 0 Å². The van der Waals surface area contributed by atoms with Gasteiger partial charge in [-0.2, -0.15) is 24.4 Å². The Morgan fingerprint density at radius 2 is 1.64 bits per heavy atom. The Bertz CT molecular complexity index is 56.6. The van der Waals surface area contributed by atoms with Crippen LogP contribution in [0.1, 0.15) is 39.0 Å². The van der Waals surface area contributed by atoms with Gasteiger partial charge in [0.1, 0.15) is 0 Å². The molecule has 0 atom stereocenters. The van der Waals surface area contributed by atoms with E-state index in [2.05, 4.69) is 31.3 Å². The van der Waals surface area contributed by atoms with Crippen molar-refractivity contribution in [2.45, 2.75) is 39.0 Å². The Labute approximate surface area is 80.9 Å². The van der Waals surface area contributed by atoms with Gasteiger partial charge < -0.3 is 0 Å². The first kappa shape index (κ1) is 11.7. The number of hydrogen-bond donors (Lipinski definition) is 1. The van der Waals surface area contributed by atoms with E-state index in [1.54, 1.807) is 0 Å². The van der Waals surface area contributed by atoms with Crippen LogP contribution in [0.5, 0.6) is 0 Å². The minimum Gasteiger partial charge on any atom is -0.179 e. The van der Waals surface area contributed by atoms with Crippen LogP contribution in [0.4, 0.5) is 0 Å². The van der Waals surface area contributed by atoms with E-state index in [0.717, 1.165) is 5.75 Å². The highest BCUT2D eigenvalue weighted by Crippen LogP contribution is 2.08. The van der Waals surface area contributed by atoms with Crippen molar-refractivity contribution in [3.8, 4) is 0 Å². The van der Waals surface area contributed by atoms with Crippen LogP contribution in [0.15, 0.2) is 0 Å². The number of hydrogen-bond acceptors (Lipinski definition) is 2. The summed E-state index contributed by atoms with van der Waals surface area (Å²) in [5, 5.41) is 0. The quantitative estimate of drug-likeness (QED) is 0.453. The molecule has 0 heterocycles. The molecule has 11 heavy (non-hydrogen) atoms. The van der Waals surface area contributed by atoms with E-state index < -0.39 is 0 Å². The maximum absolute atomic E-state index is 4.18. The summed E-state index contributed by atoms with van der Waals surface area (Å²) in [5.74, 6) is 3.69. The van der Waals surface area contributed by atoms with E-state index in [1.807, 2.05) is 0 Å². The van der Waals surface area contributed by atoms with E-state index in [4.69, 9.17) is 0 Å². The molecule has 0 aliphatic heterocycles. The highest BCUT2D eigenvalue weighted by atomic mass is 32.2. The fraction of sp³-hybridized carbons (Fsp3) is 1.00. The molecule has 0 aliphatic carbocycles. The zero-order valence-corrected chi connectivity index (χ0v) is 9.22. The van der Waals surface area contributed by atoms with Crippen molar-refractivity contribution in [3.05, 3.63) is 0 Å². The lowest BCUT2D eigenvalue weighted by Crippen LogP contribution is -1.83. The van der Waals surface area contributed by atoms with Gasteiger partial charge in [-0.05, 0) is 30.1 Å². The summed E-state index contributed by atoms with van der Waals surface area (Å²) in [6.45, 7) is 2.23. The first-order valence-corrected chi connectivity index (χ1v) is 6.39. The monoisotopic (exact) mass is 192 g/mol. The van der Waals surface area contributed by atoms with E-state index in [-0.39, 0.29) is 0 Å². The maximum Gasteiger partial charge on any atom is -0.00676 e. The molecule has 0 radical (unpaired) electrons. The maximum atomic E-state index is 4.18. The van der Waals surface area contributed by atoms with Gasteiger partial charge >= 0.3 is 0 Å². The lowest BCUT2D eigenvalue weighted by molar-refractivity contribution is 0.663. The summed E-state index contributed by atoms with van der Waals surface area (Å²) >= 11 is 6.23. The summed E-state index contributed by atoms with van der Waals surface area (Å²) < 4.78 is 0. The van der Waals surface area contributed by atoms with Gasteiger partial charge in [-0.15, -0.1) is 0 Å². The predicted octanol–water partition coefficient (Wildman–Crippen LogP) is 3.62. The van der Waals surface area contributed by atoms with Crippen LogP contribution < -0.4 is 0 Å². The van der Waals surface area contributed by atoms with E-state index in [0.29, 0.717) is 0 Å². The Morgan fingerprint density at radius 3 is 2.27 bits per heavy atom. The zero-order chi connectivity index (χ0) is 8.36. The van der Waals surface area contributed by atoms with Gasteiger partial charge in [0.15, 0.2) is 0 Å². The molecule has 0 amide bonds. The first-order valence-electron chi connectivity index (χ1n) is 4.60. The molecule has 0 unspecified atom stereocenters. The van der Waals surface area contributed by atoms with Crippen LogP contribution in [0.3, 0.4) is 0 Å². The van der Waals surface area contributed by atoms with Crippen molar-refractivity contribution in [1.29, 1.82) is 0 Å². The Balaban J connectivity index is 2.69.